The van der Waals surface area contributed by atoms with Gasteiger partial charge in [0.1, 0.15) is 11.9 Å². The average molecular weight is 637 g/mol. The van der Waals surface area contributed by atoms with Gasteiger partial charge in [-0.3, -0.25) is 19.2 Å². The van der Waals surface area contributed by atoms with Crippen LogP contribution >= 0.6 is 0 Å². The van der Waals surface area contributed by atoms with Crippen molar-refractivity contribution in [2.45, 2.75) is 57.4 Å². The summed E-state index contributed by atoms with van der Waals surface area (Å²) in [6.07, 6.45) is -1.12. The summed E-state index contributed by atoms with van der Waals surface area (Å²) in [5.74, 6) is 4.09. The second-order valence-corrected chi connectivity index (χ2v) is 12.3. The van der Waals surface area contributed by atoms with Crippen LogP contribution in [0.1, 0.15) is 58.8 Å². The summed E-state index contributed by atoms with van der Waals surface area (Å²) in [6, 6.07) is 14.5. The summed E-state index contributed by atoms with van der Waals surface area (Å²) in [7, 11) is 1.79. The van der Waals surface area contributed by atoms with Crippen molar-refractivity contribution < 1.29 is 27.2 Å². The van der Waals surface area contributed by atoms with Crippen molar-refractivity contribution in [3.05, 3.63) is 94.9 Å². The van der Waals surface area contributed by atoms with Crippen molar-refractivity contribution >= 4 is 28.4 Å². The van der Waals surface area contributed by atoms with Gasteiger partial charge < -0.3 is 4.90 Å². The minimum atomic E-state index is -4.30. The predicted molar refractivity (Wildman–Crippen MR) is 166 cm³/mol. The van der Waals surface area contributed by atoms with E-state index in [1.165, 1.54) is 21.9 Å². The highest BCUT2D eigenvalue weighted by Gasteiger charge is 2.46. The number of piperidine rings is 1. The molecule has 2 amide bonds. The fourth-order valence-corrected chi connectivity index (χ4v) is 6.97. The Morgan fingerprint density at radius 3 is 2.48 bits per heavy atom. The number of hydrogen-bond donors (Lipinski definition) is 1. The maximum absolute atomic E-state index is 15.1. The number of anilines is 1. The van der Waals surface area contributed by atoms with Gasteiger partial charge >= 0.3 is 6.18 Å². The molecule has 2 aliphatic rings. The molecule has 3 aromatic carbocycles. The highest BCUT2D eigenvalue weighted by molar-refractivity contribution is 5.99. The maximum atomic E-state index is 15.1. The molecule has 2 fully saturated rings. The molecule has 3 heterocycles. The average Bonchev–Trinajstić information content (AvgIpc) is 3.66. The Morgan fingerprint density at radius 2 is 1.76 bits per heavy atom. The predicted octanol–water partition coefficient (Wildman–Crippen LogP) is 6.05. The lowest BCUT2D eigenvalue weighted by atomic mass is 9.82. The molecule has 2 saturated heterocycles. The molecule has 12 heteroatoms. The Morgan fingerprint density at radius 1 is 1.02 bits per heavy atom. The Bertz CT molecular complexity index is 1730. The zero-order chi connectivity index (χ0) is 32.7. The van der Waals surface area contributed by atoms with Gasteiger partial charge in [0.05, 0.1) is 34.9 Å². The van der Waals surface area contributed by atoms with Crippen LogP contribution in [-0.4, -0.2) is 56.7 Å². The summed E-state index contributed by atoms with van der Waals surface area (Å²) in [6.45, 7) is 2.43. The van der Waals surface area contributed by atoms with Crippen LogP contribution in [0.5, 0.6) is 0 Å². The van der Waals surface area contributed by atoms with Gasteiger partial charge in [-0.25, -0.2) is 15.2 Å². The Balaban J connectivity index is 1.34. The maximum Gasteiger partial charge on any atom is 0.404 e. The second kappa shape index (κ2) is 12.5. The van der Waals surface area contributed by atoms with Gasteiger partial charge in [0.25, 0.3) is 5.91 Å². The van der Waals surface area contributed by atoms with Gasteiger partial charge in [0.15, 0.2) is 0 Å². The molecular formula is C34H36F4N6O2. The van der Waals surface area contributed by atoms with Crippen molar-refractivity contribution in [2.24, 2.45) is 18.8 Å². The normalized spacial score (nSPS) is 20.8. The molecule has 0 bridgehead atoms. The first-order valence-corrected chi connectivity index (χ1v) is 15.4. The van der Waals surface area contributed by atoms with Gasteiger partial charge in [-0.15, -0.1) is 0 Å². The van der Waals surface area contributed by atoms with Gasteiger partial charge in [0, 0.05) is 25.5 Å². The third kappa shape index (κ3) is 5.99. The molecule has 2 N–H and O–H groups in total. The lowest BCUT2D eigenvalue weighted by Gasteiger charge is -2.42. The molecule has 2 aliphatic heterocycles. The molecule has 8 nitrogen and oxygen atoms in total. The third-order valence-corrected chi connectivity index (χ3v) is 9.34. The van der Waals surface area contributed by atoms with E-state index in [9.17, 15) is 22.8 Å². The van der Waals surface area contributed by atoms with E-state index in [1.807, 2.05) is 6.07 Å². The van der Waals surface area contributed by atoms with E-state index in [1.54, 1.807) is 67.3 Å². The number of hydrogen-bond acceptors (Lipinski definition) is 5. The number of halogens is 4. The Kier molecular flexibility index (Phi) is 8.60. The number of alkyl halides is 3. The highest BCUT2D eigenvalue weighted by atomic mass is 19.4. The zero-order valence-corrected chi connectivity index (χ0v) is 25.7. The minimum Gasteiger partial charge on any atom is -0.331 e. The van der Waals surface area contributed by atoms with E-state index in [0.717, 1.165) is 15.9 Å². The van der Waals surface area contributed by atoms with Gasteiger partial charge in [-0.1, -0.05) is 36.4 Å². The van der Waals surface area contributed by atoms with E-state index >= 15 is 4.39 Å². The molecule has 6 rings (SSSR count). The molecule has 0 radical (unpaired) electrons. The van der Waals surface area contributed by atoms with Crippen LogP contribution in [0.25, 0.3) is 10.9 Å². The SMILES string of the molecule is Cc1cccc(F)c1C(=O)N1CCC[C@H](C(=O)N(N)c2ccc3cnn(C)c3c2)[C@@H]1c1ccc(CN2CCC[C@@H]2C(F)(F)F)cc1. The number of hydrazine groups is 1. The Labute approximate surface area is 264 Å². The Hall–Kier alpha value is -4.29. The van der Waals surface area contributed by atoms with Crippen LogP contribution in [0.15, 0.2) is 66.9 Å². The quantitative estimate of drug-likeness (QED) is 0.121. The number of nitrogens with two attached hydrogens (primary N) is 1. The van der Waals surface area contributed by atoms with Crippen LogP contribution < -0.4 is 10.9 Å². The van der Waals surface area contributed by atoms with E-state index in [0.29, 0.717) is 48.2 Å². The van der Waals surface area contributed by atoms with Crippen LogP contribution in [0.4, 0.5) is 23.2 Å². The first kappa shape index (κ1) is 31.7. The number of nitrogens with zero attached hydrogens (tertiary/aromatic N) is 5. The molecule has 0 unspecified atom stereocenters. The van der Waals surface area contributed by atoms with Crippen molar-refractivity contribution in [1.82, 2.24) is 19.6 Å². The molecule has 1 aromatic heterocycles. The summed E-state index contributed by atoms with van der Waals surface area (Å²) in [5.41, 5.74) is 2.96. The number of fused-ring (bicyclic) bond motifs is 1. The number of amides is 2. The van der Waals surface area contributed by atoms with Gasteiger partial charge in [-0.2, -0.15) is 18.3 Å². The monoisotopic (exact) mass is 636 g/mol. The van der Waals surface area contributed by atoms with Crippen LogP contribution in [0.3, 0.4) is 0 Å². The van der Waals surface area contributed by atoms with E-state index in [4.69, 9.17) is 5.84 Å². The number of rotatable bonds is 6. The van der Waals surface area contributed by atoms with Crippen molar-refractivity contribution in [1.29, 1.82) is 0 Å². The van der Waals surface area contributed by atoms with Gasteiger partial charge in [0.2, 0.25) is 5.91 Å². The summed E-state index contributed by atoms with van der Waals surface area (Å²) >= 11 is 0. The summed E-state index contributed by atoms with van der Waals surface area (Å²) in [5, 5.41) is 6.22. The van der Waals surface area contributed by atoms with E-state index in [-0.39, 0.29) is 25.1 Å². The topological polar surface area (TPSA) is 87.7 Å². The lowest BCUT2D eigenvalue weighted by Crippen LogP contribution is -2.51. The number of aryl methyl sites for hydroxylation is 2. The van der Waals surface area contributed by atoms with Crippen molar-refractivity contribution in [2.75, 3.05) is 18.1 Å². The van der Waals surface area contributed by atoms with Crippen LogP contribution in [-0.2, 0) is 18.4 Å². The molecule has 4 aromatic rings. The lowest BCUT2D eigenvalue weighted by molar-refractivity contribution is -0.177. The second-order valence-electron chi connectivity index (χ2n) is 12.3. The molecule has 0 spiro atoms. The number of carbonyl (C=O) groups excluding carboxylic acids is 2. The third-order valence-electron chi connectivity index (χ3n) is 9.34. The van der Waals surface area contributed by atoms with Crippen LogP contribution in [0.2, 0.25) is 0 Å². The fourth-order valence-electron chi connectivity index (χ4n) is 6.97. The van der Waals surface area contributed by atoms with Gasteiger partial charge in [-0.05, 0) is 80.1 Å². The molecule has 242 valence electrons. The first-order chi connectivity index (χ1) is 21.9. The molecular weight excluding hydrogens is 600 g/mol. The van der Waals surface area contributed by atoms with Crippen LogP contribution in [0, 0.1) is 18.7 Å². The smallest absolute Gasteiger partial charge is 0.331 e. The molecule has 0 aliphatic carbocycles. The minimum absolute atomic E-state index is 0.0595. The number of carbonyl (C=O) groups is 2. The molecule has 46 heavy (non-hydrogen) atoms. The number of benzene rings is 3. The fraction of sp³-hybridized carbons (Fsp3) is 0.382. The summed E-state index contributed by atoms with van der Waals surface area (Å²) in [4.78, 5) is 31.1. The van der Waals surface area contributed by atoms with Crippen molar-refractivity contribution in [3.8, 4) is 0 Å². The molecule has 0 saturated carbocycles. The largest absolute Gasteiger partial charge is 0.404 e. The number of aromatic nitrogens is 2. The number of likely N-dealkylation sites (tertiary alicyclic amines) is 2. The van der Waals surface area contributed by atoms with Crippen molar-refractivity contribution in [3.63, 3.8) is 0 Å². The highest BCUT2D eigenvalue weighted by Crippen LogP contribution is 2.40. The molecule has 3 atom stereocenters. The van der Waals surface area contributed by atoms with E-state index < -0.39 is 41.8 Å². The van der Waals surface area contributed by atoms with E-state index in [2.05, 4.69) is 5.10 Å². The first-order valence-electron chi connectivity index (χ1n) is 15.4. The standard InChI is InChI=1S/C34H36F4N6O2/c1-21-6-3-8-27(35)30(21)33(46)43-17-4-7-26(32(45)44(39)25-15-14-24-19-40-41(2)28(24)18-25)31(43)23-12-10-22(11-13-23)20-42-16-5-9-29(42)34(36,37)38/h3,6,8,10-15,18-19,26,29,31H,4-5,7,9,16-17,20,39H2,1-2H3/t26-,29+,31-/m0/s1. The summed E-state index contributed by atoms with van der Waals surface area (Å²) < 4.78 is 57.4. The zero-order valence-electron chi connectivity index (χ0n) is 25.7.